The van der Waals surface area contributed by atoms with Crippen molar-refractivity contribution in [2.75, 3.05) is 13.1 Å². The molecule has 1 amide bonds. The van der Waals surface area contributed by atoms with Gasteiger partial charge in [0.15, 0.2) is 5.82 Å². The molecule has 2 aliphatic rings. The van der Waals surface area contributed by atoms with Crippen molar-refractivity contribution in [1.82, 2.24) is 19.7 Å². The van der Waals surface area contributed by atoms with Crippen molar-refractivity contribution >= 4 is 23.2 Å². The molecule has 43 heavy (non-hydrogen) atoms. The van der Waals surface area contributed by atoms with E-state index in [9.17, 15) is 14.7 Å². The number of hydrogen-bond acceptors (Lipinski definition) is 6. The van der Waals surface area contributed by atoms with E-state index in [4.69, 9.17) is 9.72 Å². The zero-order valence-electron chi connectivity index (χ0n) is 25.0. The van der Waals surface area contributed by atoms with E-state index in [1.165, 1.54) is 30.2 Å². The van der Waals surface area contributed by atoms with Gasteiger partial charge in [-0.15, -0.1) is 11.3 Å². The molecule has 3 aromatic heterocycles. The van der Waals surface area contributed by atoms with Gasteiger partial charge in [0.1, 0.15) is 17.9 Å². The summed E-state index contributed by atoms with van der Waals surface area (Å²) in [6.45, 7) is 8.13. The van der Waals surface area contributed by atoms with Crippen LogP contribution in [0.2, 0.25) is 0 Å². The first-order valence-electron chi connectivity index (χ1n) is 15.2. The molecule has 9 heteroatoms. The number of carbonyl (C=O) groups is 2. The second-order valence-electron chi connectivity index (χ2n) is 11.8. The Labute approximate surface area is 256 Å². The predicted octanol–water partition coefficient (Wildman–Crippen LogP) is 6.96. The molecule has 1 saturated heterocycles. The summed E-state index contributed by atoms with van der Waals surface area (Å²) >= 11 is 1.66. The lowest BCUT2D eigenvalue weighted by atomic mass is 9.85. The summed E-state index contributed by atoms with van der Waals surface area (Å²) in [6.07, 6.45) is 7.50. The quantitative estimate of drug-likeness (QED) is 0.212. The van der Waals surface area contributed by atoms with Crippen molar-refractivity contribution in [3.05, 3.63) is 81.5 Å². The van der Waals surface area contributed by atoms with Crippen LogP contribution >= 0.6 is 11.3 Å². The maximum Gasteiger partial charge on any atom is 0.339 e. The SMILES string of the molecule is CCc1cc(OCc2cc(C)sc2-c2cccc(-n3ncc(C(=O)O)c3C)n2)ccc1C1CCN(C(=O)CC2CC2)CC1. The number of rotatable bonds is 10. The zero-order valence-corrected chi connectivity index (χ0v) is 25.8. The maximum atomic E-state index is 12.6. The van der Waals surface area contributed by atoms with Crippen molar-refractivity contribution in [2.24, 2.45) is 5.92 Å². The minimum absolute atomic E-state index is 0.162. The summed E-state index contributed by atoms with van der Waals surface area (Å²) in [5, 5.41) is 13.7. The molecule has 8 nitrogen and oxygen atoms in total. The molecule has 0 unspecified atom stereocenters. The number of hydrogen-bond donors (Lipinski definition) is 1. The Kier molecular flexibility index (Phi) is 8.34. The number of nitrogens with zero attached hydrogens (tertiary/aromatic N) is 4. The number of thiophene rings is 1. The van der Waals surface area contributed by atoms with E-state index in [1.807, 2.05) is 18.2 Å². The third kappa shape index (κ3) is 6.37. The third-order valence-electron chi connectivity index (χ3n) is 8.69. The van der Waals surface area contributed by atoms with Crippen LogP contribution in [0.15, 0.2) is 48.7 Å². The number of pyridine rings is 1. The highest BCUT2D eigenvalue weighted by atomic mass is 32.1. The molecule has 2 fully saturated rings. The lowest BCUT2D eigenvalue weighted by Crippen LogP contribution is -2.38. The molecule has 0 atom stereocenters. The van der Waals surface area contributed by atoms with Gasteiger partial charge in [0.05, 0.1) is 22.5 Å². The van der Waals surface area contributed by atoms with Crippen LogP contribution in [-0.4, -0.2) is 49.7 Å². The molecule has 0 bridgehead atoms. The molecule has 224 valence electrons. The van der Waals surface area contributed by atoms with Crippen LogP contribution in [0.3, 0.4) is 0 Å². The molecule has 1 saturated carbocycles. The first-order valence-corrected chi connectivity index (χ1v) is 16.0. The number of likely N-dealkylation sites (tertiary alicyclic amines) is 1. The Hall–Kier alpha value is -3.98. The van der Waals surface area contributed by atoms with Gasteiger partial charge in [-0.1, -0.05) is 19.1 Å². The van der Waals surface area contributed by atoms with Gasteiger partial charge in [-0.25, -0.2) is 14.5 Å². The van der Waals surface area contributed by atoms with Crippen LogP contribution in [0.4, 0.5) is 0 Å². The highest BCUT2D eigenvalue weighted by molar-refractivity contribution is 7.15. The first kappa shape index (κ1) is 29.1. The number of carboxylic acid groups (broad SMARTS) is 1. The number of ether oxygens (including phenoxy) is 1. The van der Waals surface area contributed by atoms with Crippen LogP contribution in [0.1, 0.15) is 82.6 Å². The van der Waals surface area contributed by atoms with Gasteiger partial charge < -0.3 is 14.7 Å². The normalized spacial score (nSPS) is 15.6. The molecule has 0 spiro atoms. The smallest absolute Gasteiger partial charge is 0.339 e. The summed E-state index contributed by atoms with van der Waals surface area (Å²) in [6, 6.07) is 14.3. The van der Waals surface area contributed by atoms with Crippen LogP contribution in [0.25, 0.3) is 16.4 Å². The Morgan fingerprint density at radius 3 is 2.53 bits per heavy atom. The average Bonchev–Trinajstić information content (AvgIpc) is 3.62. The molecule has 1 aromatic carbocycles. The summed E-state index contributed by atoms with van der Waals surface area (Å²) in [4.78, 5) is 33.2. The zero-order chi connectivity index (χ0) is 30.1. The van der Waals surface area contributed by atoms with Gasteiger partial charge in [0.25, 0.3) is 0 Å². The molecule has 6 rings (SSSR count). The number of amides is 1. The Morgan fingerprint density at radius 2 is 1.84 bits per heavy atom. The number of aromatic nitrogens is 3. The second-order valence-corrected chi connectivity index (χ2v) is 13.0. The number of carboxylic acids is 1. The van der Waals surface area contributed by atoms with Crippen molar-refractivity contribution < 1.29 is 19.4 Å². The van der Waals surface area contributed by atoms with Crippen molar-refractivity contribution in [3.8, 4) is 22.1 Å². The number of aryl methyl sites for hydroxylation is 2. The Morgan fingerprint density at radius 1 is 1.05 bits per heavy atom. The minimum atomic E-state index is -1.01. The fourth-order valence-corrected chi connectivity index (χ4v) is 7.07. The van der Waals surface area contributed by atoms with E-state index >= 15 is 0 Å². The minimum Gasteiger partial charge on any atom is -0.489 e. The number of aromatic carboxylic acids is 1. The van der Waals surface area contributed by atoms with E-state index in [2.05, 4.69) is 48.1 Å². The molecular formula is C34H38N4O4S. The van der Waals surface area contributed by atoms with Gasteiger partial charge >= 0.3 is 5.97 Å². The Bertz CT molecular complexity index is 1650. The van der Waals surface area contributed by atoms with Gasteiger partial charge in [-0.05, 0) is 99.2 Å². The molecule has 1 N–H and O–H groups in total. The number of benzene rings is 1. The van der Waals surface area contributed by atoms with Crippen molar-refractivity contribution in [3.63, 3.8) is 0 Å². The average molecular weight is 599 g/mol. The second kappa shape index (κ2) is 12.3. The van der Waals surface area contributed by atoms with E-state index in [0.29, 0.717) is 35.9 Å². The van der Waals surface area contributed by atoms with E-state index in [0.717, 1.165) is 65.5 Å². The maximum absolute atomic E-state index is 12.6. The molecule has 4 heterocycles. The molecule has 1 aliphatic heterocycles. The third-order valence-corrected chi connectivity index (χ3v) is 9.81. The van der Waals surface area contributed by atoms with Crippen LogP contribution in [0.5, 0.6) is 5.75 Å². The van der Waals surface area contributed by atoms with Crippen LogP contribution in [-0.2, 0) is 17.8 Å². The predicted molar refractivity (Wildman–Crippen MR) is 167 cm³/mol. The molecule has 0 radical (unpaired) electrons. The summed E-state index contributed by atoms with van der Waals surface area (Å²) in [5.41, 5.74) is 5.25. The largest absolute Gasteiger partial charge is 0.489 e. The fraction of sp³-hybridized carbons (Fsp3) is 0.412. The summed E-state index contributed by atoms with van der Waals surface area (Å²) < 4.78 is 7.91. The van der Waals surface area contributed by atoms with Crippen molar-refractivity contribution in [2.45, 2.75) is 71.8 Å². The first-order chi connectivity index (χ1) is 20.8. The topological polar surface area (TPSA) is 97.6 Å². The summed E-state index contributed by atoms with van der Waals surface area (Å²) in [5.74, 6) is 1.87. The van der Waals surface area contributed by atoms with Gasteiger partial charge in [-0.2, -0.15) is 5.10 Å². The Balaban J connectivity index is 1.14. The molecule has 1 aliphatic carbocycles. The highest BCUT2D eigenvalue weighted by Gasteiger charge is 2.30. The van der Waals surface area contributed by atoms with E-state index in [1.54, 1.807) is 22.9 Å². The fourth-order valence-electron chi connectivity index (χ4n) is 6.08. The standard InChI is InChI=1S/C34H38N4O4S/c1-4-24-18-27(10-11-28(24)25-12-14-37(15-13-25)32(39)17-23-8-9-23)42-20-26-16-21(2)43-33(26)30-6-5-7-31(36-30)38-22(3)29(19-35-38)34(40)41/h5-7,10-11,16,18-19,23,25H,4,8-9,12-15,17,20H2,1-3H3,(H,40,41). The lowest BCUT2D eigenvalue weighted by molar-refractivity contribution is -0.132. The monoisotopic (exact) mass is 598 g/mol. The van der Waals surface area contributed by atoms with Gasteiger partial charge in [0.2, 0.25) is 5.91 Å². The molecule has 4 aromatic rings. The summed E-state index contributed by atoms with van der Waals surface area (Å²) in [7, 11) is 0. The lowest BCUT2D eigenvalue weighted by Gasteiger charge is -2.33. The number of piperidine rings is 1. The molecular weight excluding hydrogens is 560 g/mol. The van der Waals surface area contributed by atoms with E-state index in [-0.39, 0.29) is 5.56 Å². The van der Waals surface area contributed by atoms with Crippen LogP contribution in [0, 0.1) is 19.8 Å². The highest BCUT2D eigenvalue weighted by Crippen LogP contribution is 2.37. The van der Waals surface area contributed by atoms with Gasteiger partial charge in [0, 0.05) is 30.0 Å². The van der Waals surface area contributed by atoms with Gasteiger partial charge in [-0.3, -0.25) is 4.79 Å². The van der Waals surface area contributed by atoms with Crippen LogP contribution < -0.4 is 4.74 Å². The van der Waals surface area contributed by atoms with Crippen molar-refractivity contribution in [1.29, 1.82) is 0 Å². The number of carbonyl (C=O) groups excluding carboxylic acids is 1. The van der Waals surface area contributed by atoms with E-state index < -0.39 is 5.97 Å².